The van der Waals surface area contributed by atoms with Gasteiger partial charge in [0.2, 0.25) is 0 Å². The summed E-state index contributed by atoms with van der Waals surface area (Å²) in [5, 5.41) is 13.3. The number of aryl methyl sites for hydroxylation is 1. The number of ether oxygens (including phenoxy) is 2. The van der Waals surface area contributed by atoms with E-state index >= 15 is 0 Å². The van der Waals surface area contributed by atoms with Crippen LogP contribution in [-0.2, 0) is 18.3 Å². The molecule has 0 saturated heterocycles. The van der Waals surface area contributed by atoms with Crippen molar-refractivity contribution in [2.45, 2.75) is 19.5 Å². The van der Waals surface area contributed by atoms with E-state index in [1.54, 1.807) is 43.0 Å². The molecule has 2 aromatic rings. The summed E-state index contributed by atoms with van der Waals surface area (Å²) in [5.74, 6) is 0.547. The Hall–Kier alpha value is -2.47. The molecule has 6 nitrogen and oxygen atoms in total. The fraction of sp³-hybridized carbons (Fsp3) is 0.353. The SMILES string of the molecule is COC(=O)c1cc(CN[C@@H](C)c2cc(OC)ccc2O)cn1C. The average Bonchev–Trinajstić information content (AvgIpc) is 2.93. The van der Waals surface area contributed by atoms with E-state index in [1.165, 1.54) is 7.11 Å². The molecule has 0 amide bonds. The molecule has 0 aliphatic carbocycles. The number of carbonyl (C=O) groups is 1. The van der Waals surface area contributed by atoms with E-state index in [0.29, 0.717) is 18.0 Å². The van der Waals surface area contributed by atoms with Crippen LogP contribution in [0.4, 0.5) is 0 Å². The number of hydrogen-bond donors (Lipinski definition) is 2. The van der Waals surface area contributed by atoms with Crippen LogP contribution in [0, 0.1) is 0 Å². The summed E-state index contributed by atoms with van der Waals surface area (Å²) in [7, 11) is 4.75. The molecule has 0 fully saturated rings. The molecule has 2 N–H and O–H groups in total. The molecule has 6 heteroatoms. The van der Waals surface area contributed by atoms with Gasteiger partial charge in [-0.1, -0.05) is 0 Å². The van der Waals surface area contributed by atoms with E-state index < -0.39 is 0 Å². The Morgan fingerprint density at radius 2 is 2.09 bits per heavy atom. The van der Waals surface area contributed by atoms with Crippen LogP contribution >= 0.6 is 0 Å². The first-order valence-electron chi connectivity index (χ1n) is 7.30. The highest BCUT2D eigenvalue weighted by Crippen LogP contribution is 2.28. The lowest BCUT2D eigenvalue weighted by Gasteiger charge is -2.16. The van der Waals surface area contributed by atoms with Gasteiger partial charge in [0.1, 0.15) is 17.2 Å². The molecule has 0 radical (unpaired) electrons. The van der Waals surface area contributed by atoms with Gasteiger partial charge < -0.3 is 24.5 Å². The third-order valence-corrected chi connectivity index (χ3v) is 3.77. The normalized spacial score (nSPS) is 12.0. The molecule has 1 atom stereocenters. The number of methoxy groups -OCH3 is 2. The van der Waals surface area contributed by atoms with E-state index in [9.17, 15) is 9.90 Å². The lowest BCUT2D eigenvalue weighted by molar-refractivity contribution is 0.0590. The fourth-order valence-electron chi connectivity index (χ4n) is 2.42. The van der Waals surface area contributed by atoms with E-state index in [1.807, 2.05) is 13.1 Å². The Kier molecular flexibility index (Phi) is 5.28. The standard InChI is InChI=1S/C17H22N2O4/c1-11(14-8-13(22-3)5-6-16(14)20)18-9-12-7-15(17(21)23-4)19(2)10-12/h5-8,10-11,18,20H,9H2,1-4H3/t11-/m0/s1. The van der Waals surface area contributed by atoms with E-state index in [-0.39, 0.29) is 17.8 Å². The molecule has 1 aromatic heterocycles. The number of aromatic nitrogens is 1. The van der Waals surface area contributed by atoms with Crippen LogP contribution in [0.2, 0.25) is 0 Å². The third-order valence-electron chi connectivity index (χ3n) is 3.77. The number of nitrogens with one attached hydrogen (secondary N) is 1. The van der Waals surface area contributed by atoms with Crippen LogP contribution in [0.25, 0.3) is 0 Å². The molecule has 23 heavy (non-hydrogen) atoms. The molecule has 2 rings (SSSR count). The maximum atomic E-state index is 11.6. The first-order chi connectivity index (χ1) is 11.0. The van der Waals surface area contributed by atoms with Gasteiger partial charge in [-0.15, -0.1) is 0 Å². The second kappa shape index (κ2) is 7.19. The van der Waals surface area contributed by atoms with Crippen molar-refractivity contribution in [1.82, 2.24) is 9.88 Å². The topological polar surface area (TPSA) is 72.7 Å². The Balaban J connectivity index is 2.07. The summed E-state index contributed by atoms with van der Waals surface area (Å²) in [6.45, 7) is 2.52. The number of rotatable bonds is 6. The van der Waals surface area contributed by atoms with Crippen LogP contribution in [0.1, 0.15) is 34.6 Å². The first kappa shape index (κ1) is 16.9. The van der Waals surface area contributed by atoms with Gasteiger partial charge in [-0.05, 0) is 36.8 Å². The molecule has 0 bridgehead atoms. The van der Waals surface area contributed by atoms with Crippen molar-refractivity contribution >= 4 is 5.97 Å². The van der Waals surface area contributed by atoms with Crippen molar-refractivity contribution in [3.8, 4) is 11.5 Å². The molecular weight excluding hydrogens is 296 g/mol. The van der Waals surface area contributed by atoms with Crippen molar-refractivity contribution in [3.05, 3.63) is 47.3 Å². The van der Waals surface area contributed by atoms with E-state index in [4.69, 9.17) is 9.47 Å². The average molecular weight is 318 g/mol. The number of esters is 1. The zero-order chi connectivity index (χ0) is 17.0. The van der Waals surface area contributed by atoms with Crippen molar-refractivity contribution in [1.29, 1.82) is 0 Å². The molecule has 1 aromatic carbocycles. The van der Waals surface area contributed by atoms with E-state index in [0.717, 1.165) is 11.1 Å². The smallest absolute Gasteiger partial charge is 0.354 e. The molecule has 1 heterocycles. The highest BCUT2D eigenvalue weighted by molar-refractivity contribution is 5.87. The first-order valence-corrected chi connectivity index (χ1v) is 7.30. The summed E-state index contributed by atoms with van der Waals surface area (Å²) >= 11 is 0. The number of phenols is 1. The number of aromatic hydroxyl groups is 1. The number of phenolic OH excluding ortho intramolecular Hbond substituents is 1. The molecule has 0 spiro atoms. The summed E-state index contributed by atoms with van der Waals surface area (Å²) in [6, 6.07) is 6.84. The molecule has 0 unspecified atom stereocenters. The largest absolute Gasteiger partial charge is 0.508 e. The molecular formula is C17H22N2O4. The van der Waals surface area contributed by atoms with Crippen LogP contribution in [0.3, 0.4) is 0 Å². The maximum Gasteiger partial charge on any atom is 0.354 e. The fourth-order valence-corrected chi connectivity index (χ4v) is 2.42. The van der Waals surface area contributed by atoms with Gasteiger partial charge in [0.05, 0.1) is 14.2 Å². The summed E-state index contributed by atoms with van der Waals surface area (Å²) in [5.41, 5.74) is 2.22. The summed E-state index contributed by atoms with van der Waals surface area (Å²) in [6.07, 6.45) is 1.87. The van der Waals surface area contributed by atoms with Gasteiger partial charge in [0.15, 0.2) is 0 Å². The molecule has 0 aliphatic rings. The van der Waals surface area contributed by atoms with Crippen LogP contribution in [0.5, 0.6) is 11.5 Å². The zero-order valence-electron chi connectivity index (χ0n) is 13.8. The Labute approximate surface area is 135 Å². The van der Waals surface area contributed by atoms with Gasteiger partial charge in [-0.25, -0.2) is 4.79 Å². The van der Waals surface area contributed by atoms with Gasteiger partial charge >= 0.3 is 5.97 Å². The predicted molar refractivity (Wildman–Crippen MR) is 86.7 cm³/mol. The van der Waals surface area contributed by atoms with Gasteiger partial charge in [-0.3, -0.25) is 0 Å². The summed E-state index contributed by atoms with van der Waals surface area (Å²) in [4.78, 5) is 11.6. The number of nitrogens with zero attached hydrogens (tertiary/aromatic N) is 1. The Morgan fingerprint density at radius 3 is 2.74 bits per heavy atom. The van der Waals surface area contributed by atoms with Gasteiger partial charge in [0.25, 0.3) is 0 Å². The third kappa shape index (κ3) is 3.84. The minimum absolute atomic E-state index is 0.0770. The Morgan fingerprint density at radius 1 is 1.35 bits per heavy atom. The van der Waals surface area contributed by atoms with Crippen LogP contribution in [-0.4, -0.2) is 29.9 Å². The molecule has 0 saturated carbocycles. The quantitative estimate of drug-likeness (QED) is 0.800. The second-order valence-electron chi connectivity index (χ2n) is 5.36. The van der Waals surface area contributed by atoms with Gasteiger partial charge in [0, 0.05) is 31.4 Å². The number of hydrogen-bond acceptors (Lipinski definition) is 5. The lowest BCUT2D eigenvalue weighted by Crippen LogP contribution is -2.18. The number of benzene rings is 1. The monoisotopic (exact) mass is 318 g/mol. The van der Waals surface area contributed by atoms with Crippen molar-refractivity contribution in [3.63, 3.8) is 0 Å². The Bertz CT molecular complexity index is 694. The van der Waals surface area contributed by atoms with Crippen molar-refractivity contribution < 1.29 is 19.4 Å². The minimum Gasteiger partial charge on any atom is -0.508 e. The predicted octanol–water partition coefficient (Wildman–Crippen LogP) is 2.38. The number of carbonyl (C=O) groups excluding carboxylic acids is 1. The highest BCUT2D eigenvalue weighted by Gasteiger charge is 2.14. The van der Waals surface area contributed by atoms with Crippen LogP contribution < -0.4 is 10.1 Å². The minimum atomic E-state index is -0.364. The van der Waals surface area contributed by atoms with Gasteiger partial charge in [-0.2, -0.15) is 0 Å². The van der Waals surface area contributed by atoms with Crippen molar-refractivity contribution in [2.75, 3.05) is 14.2 Å². The lowest BCUT2D eigenvalue weighted by atomic mass is 10.1. The molecule has 0 aliphatic heterocycles. The van der Waals surface area contributed by atoms with Crippen LogP contribution in [0.15, 0.2) is 30.5 Å². The maximum absolute atomic E-state index is 11.6. The van der Waals surface area contributed by atoms with Crippen molar-refractivity contribution in [2.24, 2.45) is 7.05 Å². The van der Waals surface area contributed by atoms with E-state index in [2.05, 4.69) is 5.32 Å². The highest BCUT2D eigenvalue weighted by atomic mass is 16.5. The molecule has 124 valence electrons. The summed E-state index contributed by atoms with van der Waals surface area (Å²) < 4.78 is 11.7. The second-order valence-corrected chi connectivity index (χ2v) is 5.36. The zero-order valence-corrected chi connectivity index (χ0v) is 13.8.